The summed E-state index contributed by atoms with van der Waals surface area (Å²) < 4.78 is 40.1. The molecule has 0 unspecified atom stereocenters. The maximum atomic E-state index is 12.6. The number of ether oxygens (including phenoxy) is 2. The normalized spacial score (nSPS) is 13.3. The molecule has 158 valence electrons. The van der Waals surface area contributed by atoms with Crippen LogP contribution < -0.4 is 18.9 Å². The minimum atomic E-state index is -3.97. The summed E-state index contributed by atoms with van der Waals surface area (Å²) in [5, 5.41) is -0.929. The fourth-order valence-corrected chi connectivity index (χ4v) is 4.34. The van der Waals surface area contributed by atoms with Crippen molar-refractivity contribution in [3.8, 4) is 11.5 Å². The van der Waals surface area contributed by atoms with E-state index in [-0.39, 0.29) is 0 Å². The van der Waals surface area contributed by atoms with E-state index >= 15 is 0 Å². The summed E-state index contributed by atoms with van der Waals surface area (Å²) in [4.78, 5) is 21.1. The van der Waals surface area contributed by atoms with Gasteiger partial charge in [0.2, 0.25) is 10.0 Å². The van der Waals surface area contributed by atoms with Crippen LogP contribution in [0.1, 0.15) is 31.2 Å². The molecule has 2 rings (SSSR count). The number of hydrogen-bond acceptors (Lipinski definition) is 8. The zero-order valence-corrected chi connectivity index (χ0v) is 18.4. The van der Waals surface area contributed by atoms with Crippen LogP contribution in [0.3, 0.4) is 0 Å². The molecule has 29 heavy (non-hydrogen) atoms. The lowest BCUT2D eigenvalue weighted by Gasteiger charge is -2.19. The topological polar surface area (TPSA) is 120 Å². The fraction of sp³-hybridized carbons (Fsp3) is 0.389. The fourth-order valence-electron chi connectivity index (χ4n) is 2.37. The molecule has 9 nitrogen and oxygen atoms in total. The van der Waals surface area contributed by atoms with Crippen LogP contribution >= 0.6 is 11.9 Å². The predicted molar refractivity (Wildman–Crippen MR) is 111 cm³/mol. The van der Waals surface area contributed by atoms with E-state index in [4.69, 9.17) is 9.47 Å². The molecule has 2 amide bonds. The molecule has 1 heterocycles. The second kappa shape index (κ2) is 9.79. The second-order valence-electron chi connectivity index (χ2n) is 6.28. The van der Waals surface area contributed by atoms with Gasteiger partial charge >= 0.3 is 6.03 Å². The van der Waals surface area contributed by atoms with Gasteiger partial charge < -0.3 is 9.47 Å². The average molecular weight is 441 g/mol. The van der Waals surface area contributed by atoms with Crippen molar-refractivity contribution >= 4 is 28.0 Å². The zero-order chi connectivity index (χ0) is 21.6. The average Bonchev–Trinajstić information content (AvgIpc) is 2.70. The van der Waals surface area contributed by atoms with Crippen molar-refractivity contribution in [1.82, 2.24) is 19.4 Å². The van der Waals surface area contributed by atoms with Gasteiger partial charge in [0.15, 0.2) is 0 Å². The van der Waals surface area contributed by atoms with Crippen molar-refractivity contribution in [1.29, 1.82) is 0 Å². The summed E-state index contributed by atoms with van der Waals surface area (Å²) in [6.45, 7) is 5.04. The first-order valence-electron chi connectivity index (χ1n) is 8.67. The van der Waals surface area contributed by atoms with Crippen LogP contribution in [0, 0.1) is 6.92 Å². The maximum absolute atomic E-state index is 12.6. The Bertz CT molecular complexity index is 929. The molecule has 2 atom stereocenters. The van der Waals surface area contributed by atoms with E-state index in [0.717, 1.165) is 17.5 Å². The van der Waals surface area contributed by atoms with Crippen molar-refractivity contribution in [2.45, 2.75) is 36.8 Å². The highest BCUT2D eigenvalue weighted by Gasteiger charge is 2.31. The molecule has 0 radical (unpaired) electrons. The van der Waals surface area contributed by atoms with Crippen LogP contribution in [-0.4, -0.2) is 43.9 Å². The molecule has 1 aromatic carbocycles. The minimum absolute atomic E-state index is 0.391. The Balaban J connectivity index is 2.05. The van der Waals surface area contributed by atoms with Crippen molar-refractivity contribution in [3.05, 3.63) is 42.0 Å². The highest BCUT2D eigenvalue weighted by molar-refractivity contribution is 7.98. The number of carbonyl (C=O) groups excluding carboxylic acids is 1. The number of rotatable bonds is 8. The molecule has 0 spiro atoms. The molecule has 2 N–H and O–H groups in total. The van der Waals surface area contributed by atoms with Gasteiger partial charge in [-0.3, -0.25) is 4.72 Å². The summed E-state index contributed by atoms with van der Waals surface area (Å²) in [5.41, 5.74) is 0.873. The molecule has 0 aliphatic heterocycles. The highest BCUT2D eigenvalue weighted by Crippen LogP contribution is 2.35. The first-order chi connectivity index (χ1) is 13.7. The molecule has 2 aromatic rings. The standard InChI is InChI=1S/C18H24N4O5S2/c1-11-9-19-17(20-10-11)12(2)13(3)29(24,25)22-18(23)21-28-16-14(26-4)7-6-8-15(16)27-5/h6-10,12-13H,1-5H3,(H2,21,22,23)/t12-,13-/m0/s1. The van der Waals surface area contributed by atoms with E-state index in [9.17, 15) is 13.2 Å². The lowest BCUT2D eigenvalue weighted by atomic mass is 10.1. The Morgan fingerprint density at radius 2 is 1.66 bits per heavy atom. The van der Waals surface area contributed by atoms with Crippen LogP contribution in [0.15, 0.2) is 35.5 Å². The van der Waals surface area contributed by atoms with Gasteiger partial charge in [-0.1, -0.05) is 13.0 Å². The second-order valence-corrected chi connectivity index (χ2v) is 9.14. The number of urea groups is 1. The minimum Gasteiger partial charge on any atom is -0.495 e. The van der Waals surface area contributed by atoms with Crippen LogP contribution in [-0.2, 0) is 10.0 Å². The molecule has 0 aliphatic carbocycles. The molecular formula is C18H24N4O5S2. The van der Waals surface area contributed by atoms with Gasteiger partial charge in [-0.05, 0) is 43.5 Å². The van der Waals surface area contributed by atoms with E-state index < -0.39 is 27.2 Å². The van der Waals surface area contributed by atoms with Crippen molar-refractivity contribution in [2.24, 2.45) is 0 Å². The van der Waals surface area contributed by atoms with Crippen LogP contribution in [0.25, 0.3) is 0 Å². The maximum Gasteiger partial charge on any atom is 0.338 e. The number of benzene rings is 1. The number of nitrogens with one attached hydrogen (secondary N) is 2. The third-order valence-electron chi connectivity index (χ3n) is 4.27. The van der Waals surface area contributed by atoms with E-state index in [1.165, 1.54) is 21.1 Å². The summed E-state index contributed by atoms with van der Waals surface area (Å²) in [5.74, 6) is 0.844. The first-order valence-corrected chi connectivity index (χ1v) is 11.0. The molecule has 0 saturated carbocycles. The number of nitrogens with zero attached hydrogens (tertiary/aromatic N) is 2. The monoisotopic (exact) mass is 440 g/mol. The van der Waals surface area contributed by atoms with Crippen LogP contribution in [0.4, 0.5) is 4.79 Å². The predicted octanol–water partition coefficient (Wildman–Crippen LogP) is 2.63. The van der Waals surface area contributed by atoms with Crippen LogP contribution in [0.2, 0.25) is 0 Å². The number of carbonyl (C=O) groups is 1. The van der Waals surface area contributed by atoms with Gasteiger partial charge in [0.05, 0.1) is 19.5 Å². The molecular weight excluding hydrogens is 416 g/mol. The lowest BCUT2D eigenvalue weighted by Crippen LogP contribution is -2.42. The molecule has 1 aromatic heterocycles. The Hall–Kier alpha value is -2.53. The summed E-state index contributed by atoms with van der Waals surface area (Å²) in [6, 6.07) is 4.26. The molecule has 0 bridgehead atoms. The Labute approximate surface area is 174 Å². The summed E-state index contributed by atoms with van der Waals surface area (Å²) in [7, 11) is -0.999. The van der Waals surface area contributed by atoms with Gasteiger partial charge in [-0.2, -0.15) is 0 Å². The SMILES string of the molecule is COc1cccc(OC)c1SNC(=O)NS(=O)(=O)[C@@H](C)[C@H](C)c1ncc(C)cn1. The van der Waals surface area contributed by atoms with Gasteiger partial charge in [0.25, 0.3) is 0 Å². The Morgan fingerprint density at radius 3 is 2.17 bits per heavy atom. The number of sulfonamides is 1. The molecule has 0 saturated heterocycles. The molecule has 11 heteroatoms. The van der Waals surface area contributed by atoms with Gasteiger partial charge in [-0.25, -0.2) is 27.9 Å². The number of aryl methyl sites for hydroxylation is 1. The lowest BCUT2D eigenvalue weighted by molar-refractivity contribution is 0.251. The quantitative estimate of drug-likeness (QED) is 0.601. The number of methoxy groups -OCH3 is 2. The number of hydrogen-bond donors (Lipinski definition) is 2. The van der Waals surface area contributed by atoms with E-state index in [1.54, 1.807) is 37.5 Å². The van der Waals surface area contributed by atoms with E-state index in [2.05, 4.69) is 14.7 Å². The smallest absolute Gasteiger partial charge is 0.338 e. The number of amides is 2. The van der Waals surface area contributed by atoms with Crippen molar-refractivity contribution < 1.29 is 22.7 Å². The zero-order valence-electron chi connectivity index (χ0n) is 16.8. The van der Waals surface area contributed by atoms with E-state index in [0.29, 0.717) is 22.2 Å². The number of aromatic nitrogens is 2. The molecule has 0 fully saturated rings. The highest BCUT2D eigenvalue weighted by atomic mass is 32.2. The van der Waals surface area contributed by atoms with Crippen molar-refractivity contribution in [3.63, 3.8) is 0 Å². The van der Waals surface area contributed by atoms with Gasteiger partial charge in [-0.15, -0.1) is 0 Å². The van der Waals surface area contributed by atoms with Crippen LogP contribution in [0.5, 0.6) is 11.5 Å². The summed E-state index contributed by atoms with van der Waals surface area (Å²) in [6.07, 6.45) is 3.24. The van der Waals surface area contributed by atoms with Gasteiger partial charge in [0, 0.05) is 18.3 Å². The Kier molecular flexibility index (Phi) is 7.68. The van der Waals surface area contributed by atoms with Gasteiger partial charge in [0.1, 0.15) is 22.2 Å². The van der Waals surface area contributed by atoms with Crippen molar-refractivity contribution in [2.75, 3.05) is 14.2 Å². The largest absolute Gasteiger partial charge is 0.495 e. The summed E-state index contributed by atoms with van der Waals surface area (Å²) >= 11 is 0.889. The van der Waals surface area contributed by atoms with E-state index in [1.807, 2.05) is 11.6 Å². The Morgan fingerprint density at radius 1 is 1.10 bits per heavy atom. The molecule has 0 aliphatic rings. The third-order valence-corrected chi connectivity index (χ3v) is 7.02. The first kappa shape index (κ1) is 22.8. The third kappa shape index (κ3) is 5.73.